The highest BCUT2D eigenvalue weighted by Gasteiger charge is 2.29. The van der Waals surface area contributed by atoms with E-state index in [9.17, 15) is 5.21 Å². The fourth-order valence-corrected chi connectivity index (χ4v) is 2.88. The van der Waals surface area contributed by atoms with Crippen LogP contribution in [0.2, 0.25) is 0 Å². The van der Waals surface area contributed by atoms with Crippen molar-refractivity contribution >= 4 is 5.69 Å². The van der Waals surface area contributed by atoms with Crippen LogP contribution in [0.25, 0.3) is 0 Å². The highest BCUT2D eigenvalue weighted by atomic mass is 16.7. The monoisotopic (exact) mass is 320 g/mol. The van der Waals surface area contributed by atoms with Crippen molar-refractivity contribution in [2.45, 2.75) is 52.7 Å². The molecule has 0 unspecified atom stereocenters. The number of hydrogen-bond acceptors (Lipinski definition) is 4. The molecule has 0 radical (unpaired) electrons. The summed E-state index contributed by atoms with van der Waals surface area (Å²) in [6.45, 7) is 12.2. The van der Waals surface area contributed by atoms with E-state index in [1.54, 1.807) is 5.01 Å². The molecule has 0 bridgehead atoms. The van der Waals surface area contributed by atoms with E-state index in [2.05, 4.69) is 41.4 Å². The highest BCUT2D eigenvalue weighted by molar-refractivity contribution is 5.49. The van der Waals surface area contributed by atoms with Gasteiger partial charge in [-0.3, -0.25) is 0 Å². The summed E-state index contributed by atoms with van der Waals surface area (Å²) >= 11 is 0. The molecular weight excluding hydrogens is 292 g/mol. The van der Waals surface area contributed by atoms with Crippen molar-refractivity contribution < 1.29 is 9.81 Å². The Labute approximate surface area is 138 Å². The van der Waals surface area contributed by atoms with Crippen molar-refractivity contribution in [3.05, 3.63) is 35.0 Å². The van der Waals surface area contributed by atoms with E-state index in [-0.39, 0.29) is 11.6 Å². The third-order valence-electron chi connectivity index (χ3n) is 4.06. The standard InChI is InChI=1S/C17H28N4O2/c1-6-20(17(3,4)5)21(22)18-23-16-10-11-19(13-16)15-9-7-8-14(2)12-15/h7-9,12,16H,6,10-11,13H2,1-5H3/b21-18+/t16-/m1/s1. The van der Waals surface area contributed by atoms with Crippen LogP contribution >= 0.6 is 0 Å². The first kappa shape index (κ1) is 17.4. The molecule has 23 heavy (non-hydrogen) atoms. The highest BCUT2D eigenvalue weighted by Crippen LogP contribution is 2.23. The van der Waals surface area contributed by atoms with Crippen LogP contribution in [-0.4, -0.2) is 41.3 Å². The molecule has 6 heteroatoms. The van der Waals surface area contributed by atoms with Gasteiger partial charge in [0.15, 0.2) is 6.10 Å². The van der Waals surface area contributed by atoms with Crippen LogP contribution in [0.15, 0.2) is 29.5 Å². The SMILES string of the molecule is CCN(/[N+]([O-])=N\O[C@@H]1CCN(c2cccc(C)c2)C1)C(C)(C)C. The minimum atomic E-state index is -0.285. The molecule has 1 atom stereocenters. The molecule has 0 spiro atoms. The predicted molar refractivity (Wildman–Crippen MR) is 91.1 cm³/mol. The van der Waals surface area contributed by atoms with E-state index < -0.39 is 0 Å². The molecule has 1 aromatic carbocycles. The number of benzene rings is 1. The summed E-state index contributed by atoms with van der Waals surface area (Å²) < 4.78 is 0. The number of hydrogen-bond donors (Lipinski definition) is 0. The van der Waals surface area contributed by atoms with Gasteiger partial charge >= 0.3 is 0 Å². The Hall–Kier alpha value is -1.98. The van der Waals surface area contributed by atoms with Gasteiger partial charge in [-0.1, -0.05) is 12.1 Å². The van der Waals surface area contributed by atoms with Crippen LogP contribution in [-0.2, 0) is 4.84 Å². The molecule has 0 aliphatic carbocycles. The molecule has 1 saturated heterocycles. The predicted octanol–water partition coefficient (Wildman–Crippen LogP) is 3.50. The van der Waals surface area contributed by atoms with Gasteiger partial charge in [0, 0.05) is 18.7 Å². The molecule has 0 N–H and O–H groups in total. The average molecular weight is 320 g/mol. The normalized spacial score (nSPS) is 19.1. The smallest absolute Gasteiger partial charge is 0.233 e. The number of hydrazine groups is 1. The van der Waals surface area contributed by atoms with Gasteiger partial charge in [0.05, 0.1) is 23.6 Å². The quantitative estimate of drug-likeness (QED) is 0.473. The number of nitrogens with zero attached hydrogens (tertiary/aromatic N) is 4. The Kier molecular flexibility index (Phi) is 5.34. The summed E-state index contributed by atoms with van der Waals surface area (Å²) in [5.41, 5.74) is 2.15. The molecular formula is C17H28N4O2. The fourth-order valence-electron chi connectivity index (χ4n) is 2.88. The van der Waals surface area contributed by atoms with Gasteiger partial charge in [0.25, 0.3) is 0 Å². The van der Waals surface area contributed by atoms with Crippen LogP contribution in [0.4, 0.5) is 5.69 Å². The molecule has 6 nitrogen and oxygen atoms in total. The lowest BCUT2D eigenvalue weighted by Gasteiger charge is -2.29. The van der Waals surface area contributed by atoms with E-state index in [1.165, 1.54) is 11.3 Å². The minimum Gasteiger partial charge on any atom is -0.569 e. The van der Waals surface area contributed by atoms with Gasteiger partial charge in [-0.05, 0) is 52.3 Å². The van der Waals surface area contributed by atoms with Crippen LogP contribution in [0, 0.1) is 12.1 Å². The van der Waals surface area contributed by atoms with Crippen molar-refractivity contribution in [3.8, 4) is 0 Å². The minimum absolute atomic E-state index is 0.0503. The Bertz CT molecular complexity index is 554. The largest absolute Gasteiger partial charge is 0.569 e. The lowest BCUT2D eigenvalue weighted by atomic mass is 10.1. The summed E-state index contributed by atoms with van der Waals surface area (Å²) in [5.74, 6) is 0. The van der Waals surface area contributed by atoms with Crippen LogP contribution < -0.4 is 4.90 Å². The van der Waals surface area contributed by atoms with E-state index in [4.69, 9.17) is 4.84 Å². The zero-order chi connectivity index (χ0) is 17.0. The van der Waals surface area contributed by atoms with Gasteiger partial charge in [0.2, 0.25) is 5.28 Å². The lowest BCUT2D eigenvalue weighted by Crippen LogP contribution is -2.45. The summed E-state index contributed by atoms with van der Waals surface area (Å²) in [4.78, 5) is 8.33. The van der Waals surface area contributed by atoms with Crippen molar-refractivity contribution in [1.29, 1.82) is 0 Å². The summed E-state index contributed by atoms with van der Waals surface area (Å²) in [7, 11) is 0. The van der Waals surface area contributed by atoms with Crippen molar-refractivity contribution in [2.24, 2.45) is 5.28 Å². The van der Waals surface area contributed by atoms with E-state index in [0.717, 1.165) is 19.5 Å². The van der Waals surface area contributed by atoms with Crippen molar-refractivity contribution in [3.63, 3.8) is 0 Å². The second kappa shape index (κ2) is 7.06. The summed E-state index contributed by atoms with van der Waals surface area (Å²) in [6.07, 6.45) is 0.818. The Morgan fingerprint density at radius 2 is 2.17 bits per heavy atom. The van der Waals surface area contributed by atoms with Crippen molar-refractivity contribution in [1.82, 2.24) is 5.01 Å². The van der Waals surface area contributed by atoms with Crippen LogP contribution in [0.1, 0.15) is 39.7 Å². The van der Waals surface area contributed by atoms with Crippen molar-refractivity contribution in [2.75, 3.05) is 24.5 Å². The summed E-state index contributed by atoms with van der Waals surface area (Å²) in [6, 6.07) is 8.41. The first-order chi connectivity index (χ1) is 10.8. The van der Waals surface area contributed by atoms with Gasteiger partial charge in [-0.2, -0.15) is 0 Å². The van der Waals surface area contributed by atoms with Crippen LogP contribution in [0.3, 0.4) is 0 Å². The van der Waals surface area contributed by atoms with E-state index in [0.29, 0.717) is 11.5 Å². The van der Waals surface area contributed by atoms with E-state index >= 15 is 0 Å². The molecule has 2 rings (SSSR count). The average Bonchev–Trinajstić information content (AvgIpc) is 2.93. The topological polar surface area (TPSA) is 54.1 Å². The third kappa shape index (κ3) is 4.50. The lowest BCUT2D eigenvalue weighted by molar-refractivity contribution is -0.725. The Morgan fingerprint density at radius 1 is 1.43 bits per heavy atom. The van der Waals surface area contributed by atoms with Crippen LogP contribution in [0.5, 0.6) is 0 Å². The maximum absolute atomic E-state index is 12.1. The zero-order valence-corrected chi connectivity index (χ0v) is 14.8. The molecule has 1 aromatic rings. The van der Waals surface area contributed by atoms with Gasteiger partial charge < -0.3 is 14.9 Å². The maximum Gasteiger partial charge on any atom is 0.233 e. The maximum atomic E-state index is 12.1. The first-order valence-electron chi connectivity index (χ1n) is 8.24. The molecule has 1 aliphatic rings. The van der Waals surface area contributed by atoms with E-state index in [1.807, 2.05) is 27.7 Å². The third-order valence-corrected chi connectivity index (χ3v) is 4.06. The molecule has 1 fully saturated rings. The molecule has 0 amide bonds. The molecule has 0 saturated carbocycles. The first-order valence-corrected chi connectivity index (χ1v) is 8.24. The number of anilines is 1. The summed E-state index contributed by atoms with van der Waals surface area (Å²) in [5, 5.41) is 17.5. The van der Waals surface area contributed by atoms with Gasteiger partial charge in [-0.15, -0.1) is 5.01 Å². The van der Waals surface area contributed by atoms with Gasteiger partial charge in [-0.25, -0.2) is 0 Å². The molecule has 1 aliphatic heterocycles. The second-order valence-electron chi connectivity index (χ2n) is 7.02. The number of rotatable bonds is 5. The molecule has 1 heterocycles. The molecule has 0 aromatic heterocycles. The number of aryl methyl sites for hydroxylation is 1. The Balaban J connectivity index is 1.94. The molecule has 128 valence electrons. The Morgan fingerprint density at radius 3 is 2.78 bits per heavy atom. The zero-order valence-electron chi connectivity index (χ0n) is 14.8. The van der Waals surface area contributed by atoms with Gasteiger partial charge in [0.1, 0.15) is 0 Å². The second-order valence-corrected chi connectivity index (χ2v) is 7.02. The fraction of sp³-hybridized carbons (Fsp3) is 0.647.